The van der Waals surface area contributed by atoms with Crippen molar-refractivity contribution in [1.82, 2.24) is 9.97 Å². The highest BCUT2D eigenvalue weighted by atomic mass is 35.5. The monoisotopic (exact) mass is 274 g/mol. The van der Waals surface area contributed by atoms with Gasteiger partial charge in [0.15, 0.2) is 15.7 Å². The summed E-state index contributed by atoms with van der Waals surface area (Å²) in [5, 5.41) is 1.41. The lowest BCUT2D eigenvalue weighted by molar-refractivity contribution is 0.0594. The third-order valence-electron chi connectivity index (χ3n) is 1.84. The van der Waals surface area contributed by atoms with Crippen molar-refractivity contribution in [3.8, 4) is 10.0 Å². The number of ether oxygens (including phenoxy) is 1. The van der Waals surface area contributed by atoms with E-state index in [4.69, 9.17) is 11.6 Å². The summed E-state index contributed by atoms with van der Waals surface area (Å²) < 4.78 is 5.23. The van der Waals surface area contributed by atoms with Crippen LogP contribution in [-0.4, -0.2) is 23.0 Å². The molecule has 0 N–H and O–H groups in total. The minimum absolute atomic E-state index is 0.342. The van der Waals surface area contributed by atoms with E-state index in [0.29, 0.717) is 20.0 Å². The summed E-state index contributed by atoms with van der Waals surface area (Å²) in [5.41, 5.74) is 0.342. The molecule has 0 amide bonds. The van der Waals surface area contributed by atoms with Crippen LogP contribution in [0.2, 0.25) is 4.34 Å². The van der Waals surface area contributed by atoms with E-state index >= 15 is 0 Å². The number of nitrogens with zero attached hydrogens (tertiary/aromatic N) is 2. The van der Waals surface area contributed by atoms with Crippen LogP contribution >= 0.6 is 34.3 Å². The molecule has 0 aliphatic carbocycles. The van der Waals surface area contributed by atoms with Crippen molar-refractivity contribution in [3.63, 3.8) is 0 Å². The number of methoxy groups -OCH3 is 1. The van der Waals surface area contributed by atoms with Crippen LogP contribution in [0.4, 0.5) is 0 Å². The van der Waals surface area contributed by atoms with E-state index in [1.165, 1.54) is 29.8 Å². The smallest absolute Gasteiger partial charge is 0.357 e. The zero-order chi connectivity index (χ0) is 11.7. The molecule has 0 saturated carbocycles. The fourth-order valence-electron chi connectivity index (χ4n) is 1.13. The summed E-state index contributed by atoms with van der Waals surface area (Å²) in [4.78, 5) is 20.5. The lowest BCUT2D eigenvalue weighted by atomic mass is 10.4. The highest BCUT2D eigenvalue weighted by Crippen LogP contribution is 2.32. The van der Waals surface area contributed by atoms with E-state index in [1.807, 2.05) is 6.92 Å². The Balaban J connectivity index is 2.41. The summed E-state index contributed by atoms with van der Waals surface area (Å²) >= 11 is 8.52. The van der Waals surface area contributed by atoms with Gasteiger partial charge in [-0.3, -0.25) is 0 Å². The molecule has 2 rings (SSSR count). The normalized spacial score (nSPS) is 10.4. The fourth-order valence-corrected chi connectivity index (χ4v) is 2.97. The molecule has 0 fully saturated rings. The minimum atomic E-state index is -0.428. The molecular formula is C9H7ClN2O2S2. The Labute approximate surface area is 105 Å². The SMILES string of the molecule is COC(=O)c1nc(-c2ncc(Cl)s2)sc1C. The highest BCUT2D eigenvalue weighted by Gasteiger charge is 2.18. The van der Waals surface area contributed by atoms with Gasteiger partial charge in [0.25, 0.3) is 0 Å². The van der Waals surface area contributed by atoms with Crippen molar-refractivity contribution in [1.29, 1.82) is 0 Å². The van der Waals surface area contributed by atoms with Gasteiger partial charge < -0.3 is 4.74 Å². The van der Waals surface area contributed by atoms with Crippen molar-refractivity contribution in [2.45, 2.75) is 6.92 Å². The molecule has 2 aromatic heterocycles. The Morgan fingerprint density at radius 1 is 1.44 bits per heavy atom. The number of hydrogen-bond donors (Lipinski definition) is 0. The largest absolute Gasteiger partial charge is 0.464 e. The molecule has 0 aromatic carbocycles. The van der Waals surface area contributed by atoms with Crippen molar-refractivity contribution >= 4 is 40.2 Å². The molecule has 2 aromatic rings. The maximum Gasteiger partial charge on any atom is 0.357 e. The predicted octanol–water partition coefficient (Wildman–Crippen LogP) is 3.02. The van der Waals surface area contributed by atoms with Gasteiger partial charge in [0.05, 0.1) is 13.3 Å². The van der Waals surface area contributed by atoms with Gasteiger partial charge in [0.1, 0.15) is 4.34 Å². The lowest BCUT2D eigenvalue weighted by Gasteiger charge is -1.93. The second-order valence-corrected chi connectivity index (χ2v) is 5.75. The molecule has 0 spiro atoms. The minimum Gasteiger partial charge on any atom is -0.464 e. The van der Waals surface area contributed by atoms with Gasteiger partial charge in [0, 0.05) is 4.88 Å². The van der Waals surface area contributed by atoms with Crippen LogP contribution in [0.15, 0.2) is 6.20 Å². The number of halogens is 1. The van der Waals surface area contributed by atoms with Crippen molar-refractivity contribution in [2.24, 2.45) is 0 Å². The highest BCUT2D eigenvalue weighted by molar-refractivity contribution is 7.23. The number of hydrogen-bond acceptors (Lipinski definition) is 6. The molecule has 0 atom stereocenters. The first-order chi connectivity index (χ1) is 7.61. The molecule has 0 unspecified atom stereocenters. The third-order valence-corrected chi connectivity index (χ3v) is 4.06. The van der Waals surface area contributed by atoms with Gasteiger partial charge in [-0.1, -0.05) is 22.9 Å². The zero-order valence-electron chi connectivity index (χ0n) is 8.48. The third kappa shape index (κ3) is 2.09. The first-order valence-electron chi connectivity index (χ1n) is 4.29. The van der Waals surface area contributed by atoms with E-state index in [0.717, 1.165) is 4.88 Å². The standard InChI is InChI=1S/C9H7ClN2O2S2/c1-4-6(9(13)14-2)12-8(15-4)7-11-3-5(10)16-7/h3H,1-2H3. The van der Waals surface area contributed by atoms with Crippen LogP contribution < -0.4 is 0 Å². The maximum atomic E-state index is 11.4. The lowest BCUT2D eigenvalue weighted by Crippen LogP contribution is -2.03. The second-order valence-electron chi connectivity index (χ2n) is 2.88. The first-order valence-corrected chi connectivity index (χ1v) is 6.30. The molecule has 0 aliphatic rings. The Morgan fingerprint density at radius 2 is 2.19 bits per heavy atom. The number of esters is 1. The molecule has 0 aliphatic heterocycles. The molecular weight excluding hydrogens is 268 g/mol. The summed E-state index contributed by atoms with van der Waals surface area (Å²) in [7, 11) is 1.33. The summed E-state index contributed by atoms with van der Waals surface area (Å²) in [6, 6.07) is 0. The van der Waals surface area contributed by atoms with Crippen molar-refractivity contribution in [2.75, 3.05) is 7.11 Å². The average Bonchev–Trinajstić information content (AvgIpc) is 2.83. The Kier molecular flexibility index (Phi) is 3.22. The number of aryl methyl sites for hydroxylation is 1. The molecule has 0 saturated heterocycles. The van der Waals surface area contributed by atoms with Gasteiger partial charge in [-0.25, -0.2) is 14.8 Å². The van der Waals surface area contributed by atoms with Crippen LogP contribution in [0.3, 0.4) is 0 Å². The molecule has 84 valence electrons. The van der Waals surface area contributed by atoms with Gasteiger partial charge in [-0.05, 0) is 6.92 Å². The van der Waals surface area contributed by atoms with E-state index in [2.05, 4.69) is 14.7 Å². The maximum absolute atomic E-state index is 11.4. The number of carbonyl (C=O) groups excluding carboxylic acids is 1. The first kappa shape index (κ1) is 11.5. The van der Waals surface area contributed by atoms with E-state index in [-0.39, 0.29) is 0 Å². The topological polar surface area (TPSA) is 52.1 Å². The van der Waals surface area contributed by atoms with Crippen molar-refractivity contribution in [3.05, 3.63) is 21.1 Å². The van der Waals surface area contributed by atoms with Gasteiger partial charge in [0.2, 0.25) is 0 Å². The molecule has 2 heterocycles. The fraction of sp³-hybridized carbons (Fsp3) is 0.222. The summed E-state index contributed by atoms with van der Waals surface area (Å²) in [5.74, 6) is -0.428. The van der Waals surface area contributed by atoms with E-state index in [9.17, 15) is 4.79 Å². The zero-order valence-corrected chi connectivity index (χ0v) is 10.9. The van der Waals surface area contributed by atoms with Crippen LogP contribution in [0.5, 0.6) is 0 Å². The van der Waals surface area contributed by atoms with Gasteiger partial charge in [-0.15, -0.1) is 11.3 Å². The Morgan fingerprint density at radius 3 is 2.75 bits per heavy atom. The number of rotatable bonds is 2. The molecule has 0 bridgehead atoms. The van der Waals surface area contributed by atoms with Crippen LogP contribution in [-0.2, 0) is 4.74 Å². The molecule has 16 heavy (non-hydrogen) atoms. The van der Waals surface area contributed by atoms with Gasteiger partial charge in [-0.2, -0.15) is 0 Å². The van der Waals surface area contributed by atoms with E-state index < -0.39 is 5.97 Å². The number of aromatic nitrogens is 2. The van der Waals surface area contributed by atoms with Crippen LogP contribution in [0.25, 0.3) is 10.0 Å². The molecule has 4 nitrogen and oxygen atoms in total. The molecule has 0 radical (unpaired) electrons. The Bertz CT molecular complexity index is 535. The van der Waals surface area contributed by atoms with Crippen molar-refractivity contribution < 1.29 is 9.53 Å². The molecule has 7 heteroatoms. The predicted molar refractivity (Wildman–Crippen MR) is 64.3 cm³/mol. The van der Waals surface area contributed by atoms with Crippen LogP contribution in [0.1, 0.15) is 15.4 Å². The summed E-state index contributed by atoms with van der Waals surface area (Å²) in [6.07, 6.45) is 1.57. The van der Waals surface area contributed by atoms with E-state index in [1.54, 1.807) is 6.20 Å². The quantitative estimate of drug-likeness (QED) is 0.790. The summed E-state index contributed by atoms with van der Waals surface area (Å²) in [6.45, 7) is 1.82. The second kappa shape index (κ2) is 4.48. The van der Waals surface area contributed by atoms with Gasteiger partial charge >= 0.3 is 5.97 Å². The Hall–Kier alpha value is -0.980. The van der Waals surface area contributed by atoms with Crippen LogP contribution in [0, 0.1) is 6.92 Å². The number of thiazole rings is 2. The average molecular weight is 275 g/mol. The number of carbonyl (C=O) groups is 1.